The number of nitrogens with zero attached hydrogens (tertiary/aromatic N) is 3. The van der Waals surface area contributed by atoms with Crippen LogP contribution in [0.4, 0.5) is 0 Å². The standard InChI is InChI=1S/C13H19N3O5/c1-13(2)12-14-8(10(17)15(3)20-5)9(19-4)11(18)16(12)6-7-21-13/h6-7H2,1-5H3. The van der Waals surface area contributed by atoms with E-state index in [1.165, 1.54) is 25.8 Å². The van der Waals surface area contributed by atoms with Crippen LogP contribution < -0.4 is 10.3 Å². The van der Waals surface area contributed by atoms with Crippen molar-refractivity contribution < 1.29 is 19.1 Å². The zero-order chi connectivity index (χ0) is 15.8. The molecule has 0 N–H and O–H groups in total. The van der Waals surface area contributed by atoms with Gasteiger partial charge in [0.1, 0.15) is 11.4 Å². The third-order valence-electron chi connectivity index (χ3n) is 3.41. The molecule has 0 aliphatic carbocycles. The van der Waals surface area contributed by atoms with Crippen LogP contribution in [0.1, 0.15) is 30.2 Å². The molecule has 1 aromatic rings. The van der Waals surface area contributed by atoms with Gasteiger partial charge in [0.2, 0.25) is 5.75 Å². The highest BCUT2D eigenvalue weighted by atomic mass is 16.7. The minimum Gasteiger partial charge on any atom is -0.489 e. The number of hydroxylamine groups is 2. The Kier molecular flexibility index (Phi) is 4.02. The molecule has 0 unspecified atom stereocenters. The van der Waals surface area contributed by atoms with Gasteiger partial charge in [0.05, 0.1) is 27.4 Å². The minimum absolute atomic E-state index is 0.0864. The summed E-state index contributed by atoms with van der Waals surface area (Å²) in [4.78, 5) is 33.9. The van der Waals surface area contributed by atoms with E-state index < -0.39 is 17.1 Å². The van der Waals surface area contributed by atoms with Gasteiger partial charge in [0, 0.05) is 7.05 Å². The van der Waals surface area contributed by atoms with Gasteiger partial charge in [0.15, 0.2) is 5.69 Å². The molecule has 0 atom stereocenters. The predicted octanol–water partition coefficient (Wildman–Crippen LogP) is 0.151. The Labute approximate surface area is 122 Å². The van der Waals surface area contributed by atoms with E-state index in [1.54, 1.807) is 13.8 Å². The van der Waals surface area contributed by atoms with Crippen molar-refractivity contribution in [2.24, 2.45) is 0 Å². The maximum Gasteiger partial charge on any atom is 0.299 e. The van der Waals surface area contributed by atoms with E-state index in [0.29, 0.717) is 19.0 Å². The number of ether oxygens (including phenoxy) is 2. The Morgan fingerprint density at radius 1 is 1.43 bits per heavy atom. The molecule has 1 aliphatic heterocycles. The van der Waals surface area contributed by atoms with Crippen LogP contribution in [0.2, 0.25) is 0 Å². The van der Waals surface area contributed by atoms with Gasteiger partial charge in [-0.25, -0.2) is 10.0 Å². The van der Waals surface area contributed by atoms with E-state index in [2.05, 4.69) is 4.98 Å². The third kappa shape index (κ3) is 2.52. The third-order valence-corrected chi connectivity index (χ3v) is 3.41. The number of amides is 1. The first-order valence-corrected chi connectivity index (χ1v) is 6.49. The van der Waals surface area contributed by atoms with E-state index in [9.17, 15) is 9.59 Å². The lowest BCUT2D eigenvalue weighted by molar-refractivity contribution is -0.0769. The summed E-state index contributed by atoms with van der Waals surface area (Å²) in [7, 11) is 4.12. The normalized spacial score (nSPS) is 16.2. The second kappa shape index (κ2) is 5.45. The quantitative estimate of drug-likeness (QED) is 0.739. The van der Waals surface area contributed by atoms with Crippen molar-refractivity contribution in [3.05, 3.63) is 21.9 Å². The highest BCUT2D eigenvalue weighted by Gasteiger charge is 2.35. The van der Waals surface area contributed by atoms with Crippen LogP contribution in [-0.2, 0) is 21.7 Å². The number of carbonyl (C=O) groups excluding carboxylic acids is 1. The molecule has 2 heterocycles. The molecule has 0 radical (unpaired) electrons. The lowest BCUT2D eigenvalue weighted by Crippen LogP contribution is -2.43. The van der Waals surface area contributed by atoms with Gasteiger partial charge in [-0.15, -0.1) is 0 Å². The van der Waals surface area contributed by atoms with Crippen LogP contribution in [0.25, 0.3) is 0 Å². The second-order valence-electron chi connectivity index (χ2n) is 5.12. The van der Waals surface area contributed by atoms with E-state index in [-0.39, 0.29) is 11.4 Å². The van der Waals surface area contributed by atoms with Crippen LogP contribution in [-0.4, -0.2) is 48.4 Å². The highest BCUT2D eigenvalue weighted by Crippen LogP contribution is 2.27. The number of aromatic nitrogens is 2. The Bertz CT molecular complexity index is 623. The van der Waals surface area contributed by atoms with Crippen molar-refractivity contribution in [3.8, 4) is 5.75 Å². The summed E-state index contributed by atoms with van der Waals surface area (Å²) in [5, 5.41) is 0.984. The van der Waals surface area contributed by atoms with Gasteiger partial charge < -0.3 is 9.47 Å². The molecular formula is C13H19N3O5. The van der Waals surface area contributed by atoms with Gasteiger partial charge in [-0.2, -0.15) is 0 Å². The minimum atomic E-state index is -0.760. The zero-order valence-corrected chi connectivity index (χ0v) is 12.8. The Hall–Kier alpha value is -1.93. The topological polar surface area (TPSA) is 82.9 Å². The molecule has 0 saturated carbocycles. The zero-order valence-electron chi connectivity index (χ0n) is 12.8. The van der Waals surface area contributed by atoms with Crippen molar-refractivity contribution in [2.45, 2.75) is 26.0 Å². The summed E-state index contributed by atoms with van der Waals surface area (Å²) < 4.78 is 12.2. The molecule has 116 valence electrons. The van der Waals surface area contributed by atoms with Gasteiger partial charge in [0.25, 0.3) is 11.5 Å². The van der Waals surface area contributed by atoms with Crippen molar-refractivity contribution in [2.75, 3.05) is 27.9 Å². The fraction of sp³-hybridized carbons (Fsp3) is 0.615. The average Bonchev–Trinajstić information content (AvgIpc) is 2.45. The molecule has 8 heteroatoms. The number of hydrogen-bond acceptors (Lipinski definition) is 6. The van der Waals surface area contributed by atoms with Gasteiger partial charge >= 0.3 is 0 Å². The first-order chi connectivity index (χ1) is 9.83. The molecule has 0 saturated heterocycles. The summed E-state index contributed by atoms with van der Waals surface area (Å²) in [6, 6.07) is 0. The molecule has 21 heavy (non-hydrogen) atoms. The molecule has 1 amide bonds. The second-order valence-corrected chi connectivity index (χ2v) is 5.12. The fourth-order valence-corrected chi connectivity index (χ4v) is 2.22. The van der Waals surface area contributed by atoms with E-state index in [4.69, 9.17) is 14.3 Å². The summed E-state index contributed by atoms with van der Waals surface area (Å²) in [6.45, 7) is 4.36. The predicted molar refractivity (Wildman–Crippen MR) is 73.1 cm³/mol. The van der Waals surface area contributed by atoms with Crippen LogP contribution in [0.3, 0.4) is 0 Å². The number of carbonyl (C=O) groups is 1. The summed E-state index contributed by atoms with van der Waals surface area (Å²) in [6.07, 6.45) is 0. The molecule has 8 nitrogen and oxygen atoms in total. The smallest absolute Gasteiger partial charge is 0.299 e. The first kappa shape index (κ1) is 15.5. The molecule has 0 spiro atoms. The van der Waals surface area contributed by atoms with Crippen molar-refractivity contribution in [1.82, 2.24) is 14.6 Å². The maximum atomic E-state index is 12.5. The van der Waals surface area contributed by atoms with Crippen LogP contribution >= 0.6 is 0 Å². The fourth-order valence-electron chi connectivity index (χ4n) is 2.22. The molecular weight excluding hydrogens is 278 g/mol. The van der Waals surface area contributed by atoms with Gasteiger partial charge in [-0.1, -0.05) is 0 Å². The lowest BCUT2D eigenvalue weighted by atomic mass is 10.1. The lowest BCUT2D eigenvalue weighted by Gasteiger charge is -2.33. The SMILES string of the molecule is COc1c(C(=O)N(C)OC)nc2n(c1=O)CCOC2(C)C. The summed E-state index contributed by atoms with van der Waals surface area (Å²) in [5.74, 6) is -0.256. The van der Waals surface area contributed by atoms with Crippen molar-refractivity contribution >= 4 is 5.91 Å². The number of rotatable bonds is 3. The van der Waals surface area contributed by atoms with Crippen LogP contribution in [0.5, 0.6) is 5.75 Å². The average molecular weight is 297 g/mol. The number of hydrogen-bond donors (Lipinski definition) is 0. The van der Waals surface area contributed by atoms with Crippen LogP contribution in [0.15, 0.2) is 4.79 Å². The Balaban J connectivity index is 2.69. The first-order valence-electron chi connectivity index (χ1n) is 6.49. The molecule has 1 aliphatic rings. The van der Waals surface area contributed by atoms with E-state index in [0.717, 1.165) is 5.06 Å². The molecule has 0 bridgehead atoms. The van der Waals surface area contributed by atoms with Gasteiger partial charge in [-0.05, 0) is 13.8 Å². The van der Waals surface area contributed by atoms with Crippen molar-refractivity contribution in [3.63, 3.8) is 0 Å². The largest absolute Gasteiger partial charge is 0.489 e. The highest BCUT2D eigenvalue weighted by molar-refractivity contribution is 5.94. The monoisotopic (exact) mass is 297 g/mol. The maximum absolute atomic E-state index is 12.5. The summed E-state index contributed by atoms with van der Waals surface area (Å²) in [5.41, 5.74) is -1.24. The van der Waals surface area contributed by atoms with Gasteiger partial charge in [-0.3, -0.25) is 19.0 Å². The van der Waals surface area contributed by atoms with Crippen molar-refractivity contribution in [1.29, 1.82) is 0 Å². The number of methoxy groups -OCH3 is 1. The molecule has 0 aromatic carbocycles. The van der Waals surface area contributed by atoms with E-state index >= 15 is 0 Å². The Morgan fingerprint density at radius 3 is 2.67 bits per heavy atom. The Morgan fingerprint density at radius 2 is 2.10 bits per heavy atom. The molecule has 1 aromatic heterocycles. The van der Waals surface area contributed by atoms with E-state index in [1.807, 2.05) is 0 Å². The van der Waals surface area contributed by atoms with Crippen LogP contribution in [0, 0.1) is 0 Å². The molecule has 2 rings (SSSR count). The molecule has 0 fully saturated rings. The summed E-state index contributed by atoms with van der Waals surface area (Å²) >= 11 is 0. The number of fused-ring (bicyclic) bond motifs is 1.